The van der Waals surface area contributed by atoms with E-state index in [4.69, 9.17) is 21.1 Å². The molecule has 1 aliphatic rings. The van der Waals surface area contributed by atoms with E-state index in [1.807, 2.05) is 10.6 Å². The molecule has 2 N–H and O–H groups in total. The molecule has 35 heavy (non-hydrogen) atoms. The van der Waals surface area contributed by atoms with Crippen molar-refractivity contribution < 1.29 is 67.6 Å². The van der Waals surface area contributed by atoms with Crippen molar-refractivity contribution in [3.63, 3.8) is 0 Å². The molecule has 0 radical (unpaired) electrons. The number of ether oxygens (including phenoxy) is 2. The summed E-state index contributed by atoms with van der Waals surface area (Å²) in [6, 6.07) is 9.13. The number of carbonyl (C=O) groups is 1. The summed E-state index contributed by atoms with van der Waals surface area (Å²) in [6.45, 7) is 3.91. The van der Waals surface area contributed by atoms with Crippen molar-refractivity contribution in [3.8, 4) is 11.5 Å². The fraction of sp³-hybridized carbons (Fsp3) is 0.375. The van der Waals surface area contributed by atoms with Crippen LogP contribution in [0.3, 0.4) is 0 Å². The third-order valence-electron chi connectivity index (χ3n) is 5.63. The summed E-state index contributed by atoms with van der Waals surface area (Å²) in [5.74, 6) is -1.11. The second-order valence-electron chi connectivity index (χ2n) is 8.38. The number of aryl methyl sites for hydroxylation is 1. The summed E-state index contributed by atoms with van der Waals surface area (Å²) in [6.07, 6.45) is -4.37. The van der Waals surface area contributed by atoms with E-state index in [1.54, 1.807) is 26.0 Å². The summed E-state index contributed by atoms with van der Waals surface area (Å²) in [7, 11) is 0. The summed E-state index contributed by atoms with van der Waals surface area (Å²) in [5.41, 5.74) is 1.12. The van der Waals surface area contributed by atoms with E-state index in [0.717, 1.165) is 17.3 Å². The van der Waals surface area contributed by atoms with Crippen molar-refractivity contribution in [2.24, 2.45) is 0 Å². The van der Waals surface area contributed by atoms with Gasteiger partial charge in [-0.05, 0) is 62.6 Å². The minimum absolute atomic E-state index is 0. The van der Waals surface area contributed by atoms with Gasteiger partial charge in [0.2, 0.25) is 0 Å². The van der Waals surface area contributed by atoms with Gasteiger partial charge in [-0.25, -0.2) is 0 Å². The molecule has 184 valence electrons. The Hall–Kier alpha value is -1.91. The Bertz CT molecular complexity index is 1210. The van der Waals surface area contributed by atoms with Gasteiger partial charge in [-0.3, -0.25) is 0 Å². The first-order valence-corrected chi connectivity index (χ1v) is 10.9. The van der Waals surface area contributed by atoms with Crippen LogP contribution < -0.4 is 44.1 Å². The van der Waals surface area contributed by atoms with Crippen molar-refractivity contribution in [2.45, 2.75) is 58.0 Å². The van der Waals surface area contributed by atoms with Crippen molar-refractivity contribution >= 4 is 28.5 Å². The molecule has 6 nitrogen and oxygen atoms in total. The third-order valence-corrected chi connectivity index (χ3v) is 6.03. The number of carboxylic acids is 1. The second kappa shape index (κ2) is 11.4. The Balaban J connectivity index is 0.00000216. The maximum absolute atomic E-state index is 13.5. The number of alkyl halides is 3. The first-order valence-electron chi connectivity index (χ1n) is 10.6. The molecule has 1 aliphatic heterocycles. The quantitative estimate of drug-likeness (QED) is 0.440. The Labute approximate surface area is 227 Å². The van der Waals surface area contributed by atoms with Gasteiger partial charge in [0, 0.05) is 29.5 Å². The predicted molar refractivity (Wildman–Crippen MR) is 119 cm³/mol. The van der Waals surface area contributed by atoms with Gasteiger partial charge in [-0.2, -0.15) is 13.2 Å². The van der Waals surface area contributed by atoms with E-state index in [1.165, 1.54) is 12.1 Å². The normalized spacial score (nSPS) is 14.9. The molecule has 0 aliphatic carbocycles. The molecular formula is C24H24ClF3NNaO5. The van der Waals surface area contributed by atoms with Crippen LogP contribution in [-0.4, -0.2) is 22.1 Å². The monoisotopic (exact) mass is 521 g/mol. The molecule has 0 unspecified atom stereocenters. The summed E-state index contributed by atoms with van der Waals surface area (Å²) < 4.78 is 53.5. The van der Waals surface area contributed by atoms with Crippen LogP contribution in [-0.2, 0) is 24.1 Å². The molecule has 0 saturated heterocycles. The molecule has 1 atom stereocenters. The number of hydrogen-bond acceptors (Lipinski definition) is 4. The molecule has 0 fully saturated rings. The van der Waals surface area contributed by atoms with Crippen LogP contribution in [0, 0.1) is 0 Å². The first kappa shape index (κ1) is 29.3. The SMILES string of the molecule is CC(C)Oc1ccc(COc2ccc3c(c2)c(Cl)c2n3CC[C@@H]2CC(=O)[O-])cc1C(F)(F)F.O.[Na+]. The standard InChI is InChI=1S/C24H23ClF3NO4.Na.H2O/c1-13(2)33-20-6-3-14(9-18(20)24(26,27)28)12-32-16-4-5-19-17(11-16)22(25)23-15(10-21(30)31)7-8-29(19)23;;/h3-6,9,11,13,15H,7-8,10,12H2,1-2H3,(H,30,31);;1H2/q;+1;/p-1/t15-;;/m1../s1. The van der Waals surface area contributed by atoms with E-state index in [-0.39, 0.29) is 65.8 Å². The number of nitrogens with zero attached hydrogens (tertiary/aromatic N) is 1. The van der Waals surface area contributed by atoms with Gasteiger partial charge in [0.25, 0.3) is 0 Å². The number of hydrogen-bond donors (Lipinski definition) is 0. The van der Waals surface area contributed by atoms with Gasteiger partial charge < -0.3 is 29.4 Å². The Kier molecular flexibility index (Phi) is 9.58. The third kappa shape index (κ3) is 6.27. The van der Waals surface area contributed by atoms with Crippen LogP contribution in [0.4, 0.5) is 13.2 Å². The van der Waals surface area contributed by atoms with E-state index in [2.05, 4.69) is 0 Å². The fourth-order valence-corrected chi connectivity index (χ4v) is 4.68. The molecule has 1 aromatic heterocycles. The van der Waals surface area contributed by atoms with Crippen molar-refractivity contribution in [3.05, 3.63) is 58.2 Å². The van der Waals surface area contributed by atoms with Crippen molar-refractivity contribution in [1.29, 1.82) is 0 Å². The zero-order valence-electron chi connectivity index (χ0n) is 19.5. The number of carbonyl (C=O) groups excluding carboxylic acids is 1. The summed E-state index contributed by atoms with van der Waals surface area (Å²) in [4.78, 5) is 11.1. The number of halogens is 4. The van der Waals surface area contributed by atoms with Gasteiger partial charge in [-0.1, -0.05) is 17.7 Å². The number of benzene rings is 2. The Morgan fingerprint density at radius 3 is 2.57 bits per heavy atom. The zero-order chi connectivity index (χ0) is 23.9. The zero-order valence-corrected chi connectivity index (χ0v) is 22.3. The Morgan fingerprint density at radius 2 is 1.94 bits per heavy atom. The molecule has 2 aromatic carbocycles. The summed E-state index contributed by atoms with van der Waals surface area (Å²) >= 11 is 6.57. The van der Waals surface area contributed by atoms with Gasteiger partial charge in [-0.15, -0.1) is 0 Å². The molecule has 11 heteroatoms. The minimum atomic E-state index is -4.55. The van der Waals surface area contributed by atoms with Crippen LogP contribution in [0.15, 0.2) is 36.4 Å². The van der Waals surface area contributed by atoms with Crippen LogP contribution in [0.2, 0.25) is 5.02 Å². The van der Waals surface area contributed by atoms with Crippen molar-refractivity contribution in [1.82, 2.24) is 4.57 Å². The maximum Gasteiger partial charge on any atom is 1.00 e. The molecule has 2 heterocycles. The predicted octanol–water partition coefficient (Wildman–Crippen LogP) is 1.49. The maximum atomic E-state index is 13.5. The fourth-order valence-electron chi connectivity index (χ4n) is 4.28. The molecule has 0 spiro atoms. The first-order chi connectivity index (χ1) is 15.5. The van der Waals surface area contributed by atoms with Gasteiger partial charge in [0.15, 0.2) is 0 Å². The average Bonchev–Trinajstić information content (AvgIpc) is 3.25. The number of aromatic nitrogens is 1. The number of aliphatic carboxylic acids is 1. The number of fused-ring (bicyclic) bond motifs is 3. The molecule has 0 saturated carbocycles. The van der Waals surface area contributed by atoms with Gasteiger partial charge in [0.05, 0.1) is 22.2 Å². The van der Waals surface area contributed by atoms with E-state index in [9.17, 15) is 23.1 Å². The van der Waals surface area contributed by atoms with Crippen LogP contribution in [0.25, 0.3) is 10.9 Å². The van der Waals surface area contributed by atoms with Crippen LogP contribution in [0.1, 0.15) is 49.4 Å². The molecule has 0 bridgehead atoms. The average molecular weight is 522 g/mol. The van der Waals surface area contributed by atoms with E-state index in [0.29, 0.717) is 34.7 Å². The number of carboxylic acid groups (broad SMARTS) is 1. The van der Waals surface area contributed by atoms with E-state index < -0.39 is 17.7 Å². The largest absolute Gasteiger partial charge is 1.00 e. The smallest absolute Gasteiger partial charge is 0.550 e. The minimum Gasteiger partial charge on any atom is -0.550 e. The van der Waals surface area contributed by atoms with Gasteiger partial charge >= 0.3 is 35.7 Å². The molecule has 0 amide bonds. The Morgan fingerprint density at radius 1 is 1.23 bits per heavy atom. The van der Waals surface area contributed by atoms with Crippen LogP contribution in [0.5, 0.6) is 11.5 Å². The van der Waals surface area contributed by atoms with E-state index >= 15 is 0 Å². The molecular weight excluding hydrogens is 498 g/mol. The van der Waals surface area contributed by atoms with Gasteiger partial charge in [0.1, 0.15) is 18.1 Å². The summed E-state index contributed by atoms with van der Waals surface area (Å²) in [5, 5.41) is 12.2. The number of rotatable bonds is 7. The topological polar surface area (TPSA) is 95.0 Å². The van der Waals surface area contributed by atoms with Crippen LogP contribution >= 0.6 is 11.6 Å². The van der Waals surface area contributed by atoms with Crippen molar-refractivity contribution in [2.75, 3.05) is 0 Å². The molecule has 4 rings (SSSR count). The molecule has 3 aromatic rings. The second-order valence-corrected chi connectivity index (χ2v) is 8.75.